The van der Waals surface area contributed by atoms with Crippen LogP contribution in [0.2, 0.25) is 0 Å². The van der Waals surface area contributed by atoms with Crippen molar-refractivity contribution in [3.8, 4) is 0 Å². The average Bonchev–Trinajstić information content (AvgIpc) is 2.21. The van der Waals surface area contributed by atoms with Crippen LogP contribution in [-0.4, -0.2) is 18.6 Å². The van der Waals surface area contributed by atoms with Crippen LogP contribution in [0.25, 0.3) is 0 Å². The highest BCUT2D eigenvalue weighted by Crippen LogP contribution is 2.07. The molecule has 0 spiro atoms. The molecule has 4 heteroatoms. The number of ether oxygens (including phenoxy) is 1. The molecule has 0 aromatic heterocycles. The number of carbonyl (C=O) groups is 1. The maximum atomic E-state index is 12.6. The van der Waals surface area contributed by atoms with Crippen LogP contribution in [-0.2, 0) is 16.0 Å². The third kappa shape index (κ3) is 4.40. The van der Waals surface area contributed by atoms with E-state index < -0.39 is 0 Å². The van der Waals surface area contributed by atoms with Crippen molar-refractivity contribution < 1.29 is 13.9 Å². The van der Waals surface area contributed by atoms with Crippen LogP contribution in [0.4, 0.5) is 4.39 Å². The van der Waals surface area contributed by atoms with Crippen molar-refractivity contribution in [1.82, 2.24) is 0 Å². The Labute approximate surface area is 94.4 Å². The minimum absolute atomic E-state index is 0.186. The van der Waals surface area contributed by atoms with Crippen LogP contribution in [0, 0.1) is 5.82 Å². The number of hydrogen-bond acceptors (Lipinski definition) is 3. The summed E-state index contributed by atoms with van der Waals surface area (Å²) in [4.78, 5) is 11.1. The molecule has 0 saturated carbocycles. The highest BCUT2D eigenvalue weighted by Gasteiger charge is 2.10. The van der Waals surface area contributed by atoms with Gasteiger partial charge in [-0.2, -0.15) is 0 Å². The lowest BCUT2D eigenvalue weighted by molar-refractivity contribution is -0.143. The Morgan fingerprint density at radius 1 is 1.44 bits per heavy atom. The summed E-state index contributed by atoms with van der Waals surface area (Å²) in [7, 11) is 0. The van der Waals surface area contributed by atoms with E-state index in [1.165, 1.54) is 12.1 Å². The number of halogens is 1. The fourth-order valence-corrected chi connectivity index (χ4v) is 1.43. The van der Waals surface area contributed by atoms with Crippen molar-refractivity contribution in [2.45, 2.75) is 25.8 Å². The van der Waals surface area contributed by atoms with Crippen LogP contribution >= 0.6 is 0 Å². The van der Waals surface area contributed by atoms with Crippen LogP contribution in [0.5, 0.6) is 0 Å². The highest BCUT2D eigenvalue weighted by atomic mass is 19.1. The molecule has 1 aromatic rings. The molecule has 2 N–H and O–H groups in total. The maximum Gasteiger partial charge on any atom is 0.307 e. The lowest BCUT2D eigenvalue weighted by atomic mass is 10.0. The van der Waals surface area contributed by atoms with Gasteiger partial charge in [-0.25, -0.2) is 4.39 Å². The molecule has 1 rings (SSSR count). The van der Waals surface area contributed by atoms with Crippen molar-refractivity contribution in [1.29, 1.82) is 0 Å². The van der Waals surface area contributed by atoms with E-state index >= 15 is 0 Å². The molecule has 0 bridgehead atoms. The second-order valence-electron chi connectivity index (χ2n) is 3.60. The molecule has 1 aromatic carbocycles. The number of esters is 1. The average molecular weight is 225 g/mol. The van der Waals surface area contributed by atoms with Crippen molar-refractivity contribution >= 4 is 5.97 Å². The highest BCUT2D eigenvalue weighted by molar-refractivity contribution is 5.70. The van der Waals surface area contributed by atoms with Gasteiger partial charge in [-0.3, -0.25) is 4.79 Å². The molecular weight excluding hydrogens is 209 g/mol. The number of carbonyl (C=O) groups excluding carboxylic acids is 1. The summed E-state index contributed by atoms with van der Waals surface area (Å²) >= 11 is 0. The minimum atomic E-state index is -0.294. The van der Waals surface area contributed by atoms with E-state index in [0.29, 0.717) is 13.0 Å². The van der Waals surface area contributed by atoms with Gasteiger partial charge in [0.2, 0.25) is 0 Å². The standard InChI is InChI=1S/C12H16FNO2/c1-2-16-12(15)8-11(14)7-9-3-5-10(13)6-4-9/h3-6,11H,2,7-8,14H2,1H3/t11-/m1/s1. The molecule has 1 atom stereocenters. The number of benzene rings is 1. The van der Waals surface area contributed by atoms with Gasteiger partial charge >= 0.3 is 5.97 Å². The van der Waals surface area contributed by atoms with E-state index in [1.54, 1.807) is 19.1 Å². The Morgan fingerprint density at radius 2 is 2.06 bits per heavy atom. The molecular formula is C12H16FNO2. The summed E-state index contributed by atoms with van der Waals surface area (Å²) in [5.41, 5.74) is 6.70. The van der Waals surface area contributed by atoms with Crippen LogP contribution in [0.1, 0.15) is 18.9 Å². The Hall–Kier alpha value is -1.42. The Morgan fingerprint density at radius 3 is 2.62 bits per heavy atom. The smallest absolute Gasteiger partial charge is 0.307 e. The fourth-order valence-electron chi connectivity index (χ4n) is 1.43. The Balaban J connectivity index is 2.42. The van der Waals surface area contributed by atoms with E-state index in [4.69, 9.17) is 10.5 Å². The minimum Gasteiger partial charge on any atom is -0.466 e. The van der Waals surface area contributed by atoms with Gasteiger partial charge in [0.1, 0.15) is 5.82 Å². The second-order valence-corrected chi connectivity index (χ2v) is 3.60. The summed E-state index contributed by atoms with van der Waals surface area (Å²) in [6.45, 7) is 2.12. The van der Waals surface area contributed by atoms with Crippen molar-refractivity contribution in [2.75, 3.05) is 6.61 Å². The van der Waals surface area contributed by atoms with E-state index in [1.807, 2.05) is 0 Å². The molecule has 0 heterocycles. The van der Waals surface area contributed by atoms with Gasteiger partial charge in [0, 0.05) is 6.04 Å². The molecule has 0 fully saturated rings. The van der Waals surface area contributed by atoms with Crippen LogP contribution in [0.3, 0.4) is 0 Å². The summed E-state index contributed by atoms with van der Waals surface area (Å²) in [5, 5.41) is 0. The summed E-state index contributed by atoms with van der Waals surface area (Å²) in [6.07, 6.45) is 0.726. The predicted molar refractivity (Wildman–Crippen MR) is 59.3 cm³/mol. The molecule has 0 aliphatic heterocycles. The first-order valence-electron chi connectivity index (χ1n) is 5.27. The number of nitrogens with two attached hydrogens (primary N) is 1. The summed E-state index contributed by atoms with van der Waals surface area (Å²) < 4.78 is 17.4. The van der Waals surface area contributed by atoms with Crippen LogP contribution < -0.4 is 5.73 Å². The van der Waals surface area contributed by atoms with Crippen LogP contribution in [0.15, 0.2) is 24.3 Å². The molecule has 0 aliphatic carbocycles. The van der Waals surface area contributed by atoms with Crippen molar-refractivity contribution in [3.05, 3.63) is 35.6 Å². The van der Waals surface area contributed by atoms with E-state index in [2.05, 4.69) is 0 Å². The first kappa shape index (κ1) is 12.6. The molecule has 0 aliphatic rings. The lowest BCUT2D eigenvalue weighted by Crippen LogP contribution is -2.27. The number of hydrogen-bond donors (Lipinski definition) is 1. The first-order valence-corrected chi connectivity index (χ1v) is 5.27. The predicted octanol–water partition coefficient (Wildman–Crippen LogP) is 1.65. The second kappa shape index (κ2) is 6.23. The molecule has 0 unspecified atom stereocenters. The normalized spacial score (nSPS) is 12.2. The van der Waals surface area contributed by atoms with E-state index in [0.717, 1.165) is 5.56 Å². The van der Waals surface area contributed by atoms with Gasteiger partial charge < -0.3 is 10.5 Å². The summed E-state index contributed by atoms with van der Waals surface area (Å²) in [5.74, 6) is -0.570. The molecule has 0 saturated heterocycles. The topological polar surface area (TPSA) is 52.3 Å². The van der Waals surface area contributed by atoms with Crippen molar-refractivity contribution in [3.63, 3.8) is 0 Å². The molecule has 0 radical (unpaired) electrons. The maximum absolute atomic E-state index is 12.6. The monoisotopic (exact) mass is 225 g/mol. The molecule has 3 nitrogen and oxygen atoms in total. The fraction of sp³-hybridized carbons (Fsp3) is 0.417. The molecule has 0 amide bonds. The van der Waals surface area contributed by atoms with Gasteiger partial charge in [-0.1, -0.05) is 12.1 Å². The third-order valence-corrected chi connectivity index (χ3v) is 2.15. The zero-order chi connectivity index (χ0) is 12.0. The SMILES string of the molecule is CCOC(=O)C[C@H](N)Cc1ccc(F)cc1. The lowest BCUT2D eigenvalue weighted by Gasteiger charge is -2.10. The quantitative estimate of drug-likeness (QED) is 0.775. The van der Waals surface area contributed by atoms with Gasteiger partial charge in [0.05, 0.1) is 13.0 Å². The van der Waals surface area contributed by atoms with Gasteiger partial charge in [0.15, 0.2) is 0 Å². The zero-order valence-corrected chi connectivity index (χ0v) is 9.28. The zero-order valence-electron chi connectivity index (χ0n) is 9.28. The van der Waals surface area contributed by atoms with Gasteiger partial charge in [-0.15, -0.1) is 0 Å². The Kier molecular flexibility index (Phi) is 4.92. The largest absolute Gasteiger partial charge is 0.466 e. The van der Waals surface area contributed by atoms with E-state index in [-0.39, 0.29) is 24.2 Å². The van der Waals surface area contributed by atoms with Gasteiger partial charge in [-0.05, 0) is 31.0 Å². The van der Waals surface area contributed by atoms with E-state index in [9.17, 15) is 9.18 Å². The first-order chi connectivity index (χ1) is 7.61. The Bertz CT molecular complexity index is 337. The molecule has 16 heavy (non-hydrogen) atoms. The summed E-state index contributed by atoms with van der Waals surface area (Å²) in [6, 6.07) is 5.81. The number of rotatable bonds is 5. The van der Waals surface area contributed by atoms with Crippen molar-refractivity contribution in [2.24, 2.45) is 5.73 Å². The van der Waals surface area contributed by atoms with Gasteiger partial charge in [0.25, 0.3) is 0 Å². The third-order valence-electron chi connectivity index (χ3n) is 2.15. The molecule has 88 valence electrons.